The number of amides is 2. The summed E-state index contributed by atoms with van der Waals surface area (Å²) in [5.74, 6) is 2.34. The number of nitrogens with one attached hydrogen (secondary N) is 2. The molecule has 0 spiro atoms. The smallest absolute Gasteiger partial charge is 0.269 e. The number of hydrazine groups is 1. The fourth-order valence-electron chi connectivity index (χ4n) is 4.77. The number of carbonyl (C=O) groups excluding carboxylic acids is 2. The van der Waals surface area contributed by atoms with E-state index in [0.29, 0.717) is 23.8 Å². The molecule has 3 atom stereocenters. The SMILES string of the molecule is Cc1cc(C)nc(SCc2ccc(C(=O)NNC(=O)CC3CC4CCC3C4)cc2)n1. The van der Waals surface area contributed by atoms with Crippen LogP contribution in [0.4, 0.5) is 0 Å². The first-order chi connectivity index (χ1) is 14.5. The minimum absolute atomic E-state index is 0.0950. The van der Waals surface area contributed by atoms with Gasteiger partial charge in [-0.1, -0.05) is 30.3 Å². The lowest BCUT2D eigenvalue weighted by molar-refractivity contribution is -0.123. The normalized spacial score (nSPS) is 22.1. The van der Waals surface area contributed by atoms with Gasteiger partial charge in [-0.2, -0.15) is 0 Å². The van der Waals surface area contributed by atoms with E-state index in [1.54, 1.807) is 23.9 Å². The molecule has 2 fully saturated rings. The molecule has 7 heteroatoms. The van der Waals surface area contributed by atoms with Crippen LogP contribution in [0.2, 0.25) is 0 Å². The number of aryl methyl sites for hydroxylation is 2. The summed E-state index contributed by atoms with van der Waals surface area (Å²) in [6.45, 7) is 3.92. The second-order valence-corrected chi connectivity index (χ2v) is 9.50. The highest BCUT2D eigenvalue weighted by molar-refractivity contribution is 7.98. The third kappa shape index (κ3) is 5.19. The van der Waals surface area contributed by atoms with Gasteiger partial charge in [-0.05, 0) is 74.6 Å². The summed E-state index contributed by atoms with van der Waals surface area (Å²) in [4.78, 5) is 33.4. The first kappa shape index (κ1) is 20.8. The van der Waals surface area contributed by atoms with E-state index in [4.69, 9.17) is 0 Å². The summed E-state index contributed by atoms with van der Waals surface area (Å²) in [6.07, 6.45) is 5.54. The second-order valence-electron chi connectivity index (χ2n) is 8.56. The molecule has 2 saturated carbocycles. The van der Waals surface area contributed by atoms with E-state index in [9.17, 15) is 9.59 Å². The Balaban J connectivity index is 1.23. The molecule has 2 amide bonds. The van der Waals surface area contributed by atoms with Crippen LogP contribution >= 0.6 is 11.8 Å². The van der Waals surface area contributed by atoms with E-state index in [1.807, 2.05) is 32.0 Å². The van der Waals surface area contributed by atoms with Gasteiger partial charge in [0.15, 0.2) is 5.16 Å². The van der Waals surface area contributed by atoms with Gasteiger partial charge in [0.1, 0.15) is 0 Å². The van der Waals surface area contributed by atoms with E-state index in [0.717, 1.165) is 33.8 Å². The second kappa shape index (κ2) is 9.16. The summed E-state index contributed by atoms with van der Waals surface area (Å²) in [7, 11) is 0. The maximum absolute atomic E-state index is 12.3. The molecular formula is C23H28N4O2S. The molecule has 158 valence electrons. The van der Waals surface area contributed by atoms with Crippen LogP contribution in [0.15, 0.2) is 35.5 Å². The van der Waals surface area contributed by atoms with E-state index in [2.05, 4.69) is 20.8 Å². The number of rotatable bonds is 6. The van der Waals surface area contributed by atoms with Gasteiger partial charge >= 0.3 is 0 Å². The lowest BCUT2D eigenvalue weighted by Gasteiger charge is -2.20. The quantitative estimate of drug-likeness (QED) is 0.416. The van der Waals surface area contributed by atoms with Gasteiger partial charge in [-0.15, -0.1) is 0 Å². The van der Waals surface area contributed by atoms with Crippen LogP contribution in [0.5, 0.6) is 0 Å². The standard InChI is InChI=1S/C23H28N4O2S/c1-14-9-15(2)25-23(24-14)30-13-16-3-6-18(7-4-16)22(29)27-26-21(28)12-20-11-17-5-8-19(20)10-17/h3-4,6-7,9,17,19-20H,5,8,10-13H2,1-2H3,(H,26,28)(H,27,29). The summed E-state index contributed by atoms with van der Waals surface area (Å²) in [6, 6.07) is 9.34. The maximum atomic E-state index is 12.3. The lowest BCUT2D eigenvalue weighted by Crippen LogP contribution is -2.42. The Kier molecular flexibility index (Phi) is 6.37. The van der Waals surface area contributed by atoms with E-state index in [1.165, 1.54) is 25.7 Å². The van der Waals surface area contributed by atoms with Crippen molar-refractivity contribution in [3.63, 3.8) is 0 Å². The average molecular weight is 425 g/mol. The molecule has 0 saturated heterocycles. The Morgan fingerprint density at radius 3 is 2.40 bits per heavy atom. The molecule has 0 aliphatic heterocycles. The van der Waals surface area contributed by atoms with Crippen molar-refractivity contribution < 1.29 is 9.59 Å². The summed E-state index contributed by atoms with van der Waals surface area (Å²) in [5.41, 5.74) is 8.64. The van der Waals surface area contributed by atoms with E-state index >= 15 is 0 Å². The summed E-state index contributed by atoms with van der Waals surface area (Å²) >= 11 is 1.57. The van der Waals surface area contributed by atoms with Gasteiger partial charge in [-0.3, -0.25) is 20.4 Å². The van der Waals surface area contributed by atoms with E-state index in [-0.39, 0.29) is 11.8 Å². The topological polar surface area (TPSA) is 84.0 Å². The number of hydrogen-bond acceptors (Lipinski definition) is 5. The number of thioether (sulfide) groups is 1. The number of benzene rings is 1. The Hall–Kier alpha value is -2.41. The summed E-state index contributed by atoms with van der Waals surface area (Å²) in [5, 5.41) is 0.757. The molecule has 2 aliphatic carbocycles. The predicted molar refractivity (Wildman–Crippen MR) is 117 cm³/mol. The van der Waals surface area contributed by atoms with Crippen molar-refractivity contribution in [3.8, 4) is 0 Å². The van der Waals surface area contributed by atoms with Crippen molar-refractivity contribution in [2.45, 2.75) is 56.9 Å². The largest absolute Gasteiger partial charge is 0.273 e. The minimum Gasteiger partial charge on any atom is -0.273 e. The highest BCUT2D eigenvalue weighted by Crippen LogP contribution is 2.49. The highest BCUT2D eigenvalue weighted by atomic mass is 32.2. The predicted octanol–water partition coefficient (Wildman–Crippen LogP) is 3.97. The molecule has 2 aromatic rings. The monoisotopic (exact) mass is 424 g/mol. The number of carbonyl (C=O) groups is 2. The fraction of sp³-hybridized carbons (Fsp3) is 0.478. The van der Waals surface area contributed by atoms with Crippen LogP contribution in [-0.2, 0) is 10.5 Å². The molecule has 1 heterocycles. The Bertz CT molecular complexity index is 911. The first-order valence-corrected chi connectivity index (χ1v) is 11.6. The molecule has 1 aromatic heterocycles. The number of nitrogens with zero attached hydrogens (tertiary/aromatic N) is 2. The van der Waals surface area contributed by atoms with Crippen LogP contribution in [0.1, 0.15) is 59.4 Å². The molecule has 3 unspecified atom stereocenters. The molecule has 6 nitrogen and oxygen atoms in total. The Morgan fingerprint density at radius 2 is 1.77 bits per heavy atom. The van der Waals surface area contributed by atoms with Crippen molar-refractivity contribution in [2.75, 3.05) is 0 Å². The zero-order valence-electron chi connectivity index (χ0n) is 17.5. The Labute approximate surface area is 181 Å². The van der Waals surface area contributed by atoms with Gasteiger partial charge < -0.3 is 0 Å². The van der Waals surface area contributed by atoms with Crippen molar-refractivity contribution in [2.24, 2.45) is 17.8 Å². The zero-order valence-corrected chi connectivity index (χ0v) is 18.3. The zero-order chi connectivity index (χ0) is 21.1. The van der Waals surface area contributed by atoms with Crippen molar-refractivity contribution >= 4 is 23.6 Å². The summed E-state index contributed by atoms with van der Waals surface area (Å²) < 4.78 is 0. The molecule has 2 aliphatic rings. The van der Waals surface area contributed by atoms with Crippen LogP contribution in [0.25, 0.3) is 0 Å². The van der Waals surface area contributed by atoms with Crippen LogP contribution in [0, 0.1) is 31.6 Å². The average Bonchev–Trinajstić information content (AvgIpc) is 3.33. The Morgan fingerprint density at radius 1 is 1.03 bits per heavy atom. The van der Waals surface area contributed by atoms with Gasteiger partial charge in [-0.25, -0.2) is 9.97 Å². The van der Waals surface area contributed by atoms with Crippen molar-refractivity contribution in [1.82, 2.24) is 20.8 Å². The third-order valence-electron chi connectivity index (χ3n) is 6.19. The maximum Gasteiger partial charge on any atom is 0.269 e. The number of aromatic nitrogens is 2. The number of hydrogen-bond donors (Lipinski definition) is 2. The van der Waals surface area contributed by atoms with Crippen LogP contribution in [-0.4, -0.2) is 21.8 Å². The van der Waals surface area contributed by atoms with Crippen LogP contribution < -0.4 is 10.9 Å². The fourth-order valence-corrected chi connectivity index (χ4v) is 5.68. The third-order valence-corrected chi connectivity index (χ3v) is 7.11. The lowest BCUT2D eigenvalue weighted by atomic mass is 9.86. The molecule has 2 N–H and O–H groups in total. The van der Waals surface area contributed by atoms with Gasteiger partial charge in [0.25, 0.3) is 5.91 Å². The molecule has 2 bridgehead atoms. The molecular weight excluding hydrogens is 396 g/mol. The van der Waals surface area contributed by atoms with Crippen molar-refractivity contribution in [1.29, 1.82) is 0 Å². The molecule has 0 radical (unpaired) electrons. The van der Waals surface area contributed by atoms with Crippen molar-refractivity contribution in [3.05, 3.63) is 52.8 Å². The molecule has 30 heavy (non-hydrogen) atoms. The van der Waals surface area contributed by atoms with Gasteiger partial charge in [0.2, 0.25) is 5.91 Å². The first-order valence-electron chi connectivity index (χ1n) is 10.6. The van der Waals surface area contributed by atoms with Gasteiger partial charge in [0, 0.05) is 29.1 Å². The highest BCUT2D eigenvalue weighted by Gasteiger charge is 2.40. The molecule has 1 aromatic carbocycles. The molecule has 4 rings (SSSR count). The van der Waals surface area contributed by atoms with Gasteiger partial charge in [0.05, 0.1) is 0 Å². The minimum atomic E-state index is -0.298. The number of fused-ring (bicyclic) bond motifs is 2. The van der Waals surface area contributed by atoms with Crippen LogP contribution in [0.3, 0.4) is 0 Å². The van der Waals surface area contributed by atoms with E-state index < -0.39 is 0 Å².